The van der Waals surface area contributed by atoms with Gasteiger partial charge in [0.2, 0.25) is 5.91 Å². The van der Waals surface area contributed by atoms with Gasteiger partial charge in [0.05, 0.1) is 13.7 Å². The Bertz CT molecular complexity index is 769. The molecule has 1 aliphatic heterocycles. The summed E-state index contributed by atoms with van der Waals surface area (Å²) in [4.78, 5) is 14.5. The number of nitrogens with one attached hydrogen (secondary N) is 2. The van der Waals surface area contributed by atoms with Crippen LogP contribution in [-0.4, -0.2) is 50.6 Å². The second kappa shape index (κ2) is 9.48. The van der Waals surface area contributed by atoms with Crippen molar-refractivity contribution < 1.29 is 13.9 Å². The van der Waals surface area contributed by atoms with E-state index in [1.807, 2.05) is 30.3 Å². The molecule has 6 heteroatoms. The highest BCUT2D eigenvalue weighted by Crippen LogP contribution is 2.22. The third-order valence-electron chi connectivity index (χ3n) is 4.84. The number of nitrogens with zero attached hydrogens (tertiary/aromatic N) is 1. The summed E-state index contributed by atoms with van der Waals surface area (Å²) < 4.78 is 18.9. The summed E-state index contributed by atoms with van der Waals surface area (Å²) in [5.74, 6) is 0.563. The standard InChI is InChI=1S/C21H26FN3O2/c1-27-20-8-3-2-5-16(20)9-10-24-21(26)15-25-12-11-23-14-19(25)17-6-4-7-18(22)13-17/h2-8,13,19,23H,9-12,14-15H2,1H3,(H,24,26). The Morgan fingerprint density at radius 2 is 2.15 bits per heavy atom. The predicted octanol–water partition coefficient (Wildman–Crippen LogP) is 2.14. The molecule has 0 saturated carbocycles. The highest BCUT2D eigenvalue weighted by atomic mass is 19.1. The summed E-state index contributed by atoms with van der Waals surface area (Å²) in [7, 11) is 1.65. The average molecular weight is 371 g/mol. The number of ether oxygens (including phenoxy) is 1. The number of para-hydroxylation sites is 1. The molecule has 1 saturated heterocycles. The normalized spacial score (nSPS) is 17.5. The van der Waals surface area contributed by atoms with Crippen LogP contribution >= 0.6 is 0 Å². The number of halogens is 1. The smallest absolute Gasteiger partial charge is 0.234 e. The van der Waals surface area contributed by atoms with Crippen molar-refractivity contribution in [3.8, 4) is 5.75 Å². The van der Waals surface area contributed by atoms with Crippen molar-refractivity contribution in [2.45, 2.75) is 12.5 Å². The minimum absolute atomic E-state index is 0.00517. The van der Waals surface area contributed by atoms with Crippen LogP contribution in [0.1, 0.15) is 17.2 Å². The van der Waals surface area contributed by atoms with Crippen molar-refractivity contribution >= 4 is 5.91 Å². The van der Waals surface area contributed by atoms with Crippen LogP contribution in [0, 0.1) is 5.82 Å². The molecule has 3 rings (SSSR count). The summed E-state index contributed by atoms with van der Waals surface area (Å²) >= 11 is 0. The number of carbonyl (C=O) groups excluding carboxylic acids is 1. The van der Waals surface area contributed by atoms with Crippen molar-refractivity contribution in [2.75, 3.05) is 39.8 Å². The zero-order valence-corrected chi connectivity index (χ0v) is 15.6. The zero-order chi connectivity index (χ0) is 19.1. The summed E-state index contributed by atoms with van der Waals surface area (Å²) in [6, 6.07) is 14.4. The summed E-state index contributed by atoms with van der Waals surface area (Å²) in [5.41, 5.74) is 1.96. The van der Waals surface area contributed by atoms with E-state index in [2.05, 4.69) is 15.5 Å². The first kappa shape index (κ1) is 19.3. The van der Waals surface area contributed by atoms with Crippen molar-refractivity contribution in [1.82, 2.24) is 15.5 Å². The summed E-state index contributed by atoms with van der Waals surface area (Å²) in [6.45, 7) is 3.13. The van der Waals surface area contributed by atoms with Crippen LogP contribution in [0.5, 0.6) is 5.75 Å². The van der Waals surface area contributed by atoms with E-state index in [1.54, 1.807) is 19.2 Å². The number of hydrogen-bond acceptors (Lipinski definition) is 4. The lowest BCUT2D eigenvalue weighted by Gasteiger charge is -2.36. The number of benzene rings is 2. The van der Waals surface area contributed by atoms with E-state index in [-0.39, 0.29) is 17.8 Å². The van der Waals surface area contributed by atoms with Gasteiger partial charge in [0.25, 0.3) is 0 Å². The van der Waals surface area contributed by atoms with E-state index in [9.17, 15) is 9.18 Å². The Labute approximate surface area is 159 Å². The maximum absolute atomic E-state index is 13.6. The number of hydrogen-bond donors (Lipinski definition) is 2. The maximum Gasteiger partial charge on any atom is 0.234 e. The van der Waals surface area contributed by atoms with Gasteiger partial charge >= 0.3 is 0 Å². The van der Waals surface area contributed by atoms with Crippen LogP contribution in [0.2, 0.25) is 0 Å². The van der Waals surface area contributed by atoms with Gasteiger partial charge in [0.15, 0.2) is 0 Å². The molecule has 0 bridgehead atoms. The Kier molecular flexibility index (Phi) is 6.79. The highest BCUT2D eigenvalue weighted by molar-refractivity contribution is 5.78. The quantitative estimate of drug-likeness (QED) is 0.783. The first-order valence-electron chi connectivity index (χ1n) is 9.26. The number of methoxy groups -OCH3 is 1. The van der Waals surface area contributed by atoms with Gasteiger partial charge in [0, 0.05) is 32.2 Å². The van der Waals surface area contributed by atoms with Crippen molar-refractivity contribution in [1.29, 1.82) is 0 Å². The van der Waals surface area contributed by atoms with Gasteiger partial charge in [-0.25, -0.2) is 4.39 Å². The number of piperazine rings is 1. The minimum atomic E-state index is -0.251. The molecule has 1 amide bonds. The monoisotopic (exact) mass is 371 g/mol. The predicted molar refractivity (Wildman–Crippen MR) is 103 cm³/mol. The van der Waals surface area contributed by atoms with Crippen LogP contribution in [0.3, 0.4) is 0 Å². The highest BCUT2D eigenvalue weighted by Gasteiger charge is 2.25. The molecule has 5 nitrogen and oxygen atoms in total. The molecule has 0 aliphatic carbocycles. The first-order valence-corrected chi connectivity index (χ1v) is 9.26. The van der Waals surface area contributed by atoms with E-state index >= 15 is 0 Å². The van der Waals surface area contributed by atoms with E-state index in [1.165, 1.54) is 6.07 Å². The molecule has 1 atom stereocenters. The van der Waals surface area contributed by atoms with E-state index < -0.39 is 0 Å². The summed E-state index contributed by atoms with van der Waals surface area (Å²) in [5, 5.41) is 6.31. The molecule has 2 N–H and O–H groups in total. The van der Waals surface area contributed by atoms with Crippen LogP contribution in [0.4, 0.5) is 4.39 Å². The van der Waals surface area contributed by atoms with Crippen LogP contribution in [0.15, 0.2) is 48.5 Å². The van der Waals surface area contributed by atoms with Gasteiger partial charge in [-0.05, 0) is 35.7 Å². The Morgan fingerprint density at radius 3 is 2.96 bits per heavy atom. The SMILES string of the molecule is COc1ccccc1CCNC(=O)CN1CCNCC1c1cccc(F)c1. The zero-order valence-electron chi connectivity index (χ0n) is 15.6. The Hall–Kier alpha value is -2.44. The molecule has 0 spiro atoms. The molecule has 27 heavy (non-hydrogen) atoms. The van der Waals surface area contributed by atoms with Gasteiger partial charge in [-0.2, -0.15) is 0 Å². The third kappa shape index (κ3) is 5.28. The molecule has 2 aromatic rings. The van der Waals surface area contributed by atoms with E-state index in [0.29, 0.717) is 26.1 Å². The largest absolute Gasteiger partial charge is 0.496 e. The molecule has 0 radical (unpaired) electrons. The molecule has 1 fully saturated rings. The molecule has 1 unspecified atom stereocenters. The fourth-order valence-electron chi connectivity index (χ4n) is 3.46. The van der Waals surface area contributed by atoms with Crippen molar-refractivity contribution in [2.24, 2.45) is 0 Å². The van der Waals surface area contributed by atoms with Gasteiger partial charge in [-0.3, -0.25) is 9.69 Å². The third-order valence-corrected chi connectivity index (χ3v) is 4.84. The molecule has 1 aliphatic rings. The first-order chi connectivity index (χ1) is 13.2. The van der Waals surface area contributed by atoms with Crippen LogP contribution in [0.25, 0.3) is 0 Å². The average Bonchev–Trinajstić information content (AvgIpc) is 2.69. The lowest BCUT2D eigenvalue weighted by atomic mass is 10.0. The fraction of sp³-hybridized carbons (Fsp3) is 0.381. The summed E-state index contributed by atoms with van der Waals surface area (Å²) in [6.07, 6.45) is 0.713. The minimum Gasteiger partial charge on any atom is -0.496 e. The lowest BCUT2D eigenvalue weighted by molar-refractivity contribution is -0.123. The molecular formula is C21H26FN3O2. The van der Waals surface area contributed by atoms with E-state index in [4.69, 9.17) is 4.74 Å². The van der Waals surface area contributed by atoms with Crippen molar-refractivity contribution in [3.63, 3.8) is 0 Å². The molecular weight excluding hydrogens is 345 g/mol. The molecule has 0 aromatic heterocycles. The maximum atomic E-state index is 13.6. The van der Waals surface area contributed by atoms with Gasteiger partial charge in [-0.15, -0.1) is 0 Å². The Balaban J connectivity index is 1.54. The van der Waals surface area contributed by atoms with E-state index in [0.717, 1.165) is 30.0 Å². The van der Waals surface area contributed by atoms with Gasteiger partial charge in [-0.1, -0.05) is 30.3 Å². The van der Waals surface area contributed by atoms with Gasteiger partial charge in [0.1, 0.15) is 11.6 Å². The number of carbonyl (C=O) groups is 1. The van der Waals surface area contributed by atoms with Crippen LogP contribution < -0.4 is 15.4 Å². The lowest BCUT2D eigenvalue weighted by Crippen LogP contribution is -2.49. The topological polar surface area (TPSA) is 53.6 Å². The van der Waals surface area contributed by atoms with Crippen LogP contribution in [-0.2, 0) is 11.2 Å². The Morgan fingerprint density at radius 1 is 1.30 bits per heavy atom. The van der Waals surface area contributed by atoms with Gasteiger partial charge < -0.3 is 15.4 Å². The van der Waals surface area contributed by atoms with Crippen molar-refractivity contribution in [3.05, 3.63) is 65.5 Å². The molecule has 1 heterocycles. The molecule has 2 aromatic carbocycles. The number of amides is 1. The second-order valence-electron chi connectivity index (χ2n) is 6.66. The second-order valence-corrected chi connectivity index (χ2v) is 6.66. The number of rotatable bonds is 7. The fourth-order valence-corrected chi connectivity index (χ4v) is 3.46. The molecule has 144 valence electrons.